The molecular formula is C20H40N2O3. The van der Waals surface area contributed by atoms with Gasteiger partial charge in [0.1, 0.15) is 0 Å². The Balaban J connectivity index is 3.65. The van der Waals surface area contributed by atoms with Crippen LogP contribution in [0.4, 0.5) is 0 Å². The molecule has 0 spiro atoms. The molecule has 0 aliphatic rings. The Kier molecular flexibility index (Phi) is 16.9. The first-order valence-corrected chi connectivity index (χ1v) is 10.3. The molecule has 0 rings (SSSR count). The van der Waals surface area contributed by atoms with Crippen LogP contribution in [0.15, 0.2) is 0 Å². The molecular weight excluding hydrogens is 316 g/mol. The minimum Gasteiger partial charge on any atom is -0.338 e. The standard InChI is InChI=1S/C20H40N2O3/c1-4-6-7-8-9-10-11-12-13-14-15-16-20(24)22(25-19(3)23)18-17-21-5-2/h21H,4-18H2,1-3H3. The summed E-state index contributed by atoms with van der Waals surface area (Å²) >= 11 is 0. The number of amides is 1. The van der Waals surface area contributed by atoms with E-state index in [1.165, 1.54) is 69.8 Å². The average molecular weight is 357 g/mol. The van der Waals surface area contributed by atoms with Crippen molar-refractivity contribution in [1.82, 2.24) is 10.4 Å². The molecule has 1 N–H and O–H groups in total. The summed E-state index contributed by atoms with van der Waals surface area (Å²) in [5.74, 6) is -0.534. The van der Waals surface area contributed by atoms with Gasteiger partial charge in [-0.15, -0.1) is 0 Å². The molecule has 5 nitrogen and oxygen atoms in total. The molecule has 0 radical (unpaired) electrons. The van der Waals surface area contributed by atoms with Crippen LogP contribution in [0, 0.1) is 0 Å². The minimum absolute atomic E-state index is 0.0935. The van der Waals surface area contributed by atoms with Crippen molar-refractivity contribution in [3.8, 4) is 0 Å². The lowest BCUT2D eigenvalue weighted by Gasteiger charge is -2.20. The summed E-state index contributed by atoms with van der Waals surface area (Å²) in [7, 11) is 0. The van der Waals surface area contributed by atoms with Gasteiger partial charge in [-0.25, -0.2) is 0 Å². The van der Waals surface area contributed by atoms with Gasteiger partial charge in [0.2, 0.25) is 0 Å². The van der Waals surface area contributed by atoms with Crippen molar-refractivity contribution in [3.63, 3.8) is 0 Å². The molecule has 0 unspecified atom stereocenters. The van der Waals surface area contributed by atoms with E-state index in [2.05, 4.69) is 12.2 Å². The molecule has 0 aliphatic heterocycles. The quantitative estimate of drug-likeness (QED) is 0.324. The molecule has 25 heavy (non-hydrogen) atoms. The highest BCUT2D eigenvalue weighted by Crippen LogP contribution is 2.12. The van der Waals surface area contributed by atoms with Crippen molar-refractivity contribution < 1.29 is 14.4 Å². The molecule has 1 amide bonds. The lowest BCUT2D eigenvalue weighted by atomic mass is 10.1. The molecule has 0 aromatic rings. The highest BCUT2D eigenvalue weighted by atomic mass is 16.7. The second kappa shape index (κ2) is 17.7. The summed E-state index contributed by atoms with van der Waals surface area (Å²) < 4.78 is 0. The lowest BCUT2D eigenvalue weighted by Crippen LogP contribution is -2.38. The van der Waals surface area contributed by atoms with Gasteiger partial charge in [-0.2, -0.15) is 5.06 Å². The van der Waals surface area contributed by atoms with E-state index in [-0.39, 0.29) is 5.91 Å². The van der Waals surface area contributed by atoms with E-state index in [9.17, 15) is 9.59 Å². The van der Waals surface area contributed by atoms with E-state index in [4.69, 9.17) is 4.84 Å². The van der Waals surface area contributed by atoms with Crippen LogP contribution in [0.25, 0.3) is 0 Å². The zero-order chi connectivity index (χ0) is 18.8. The summed E-state index contributed by atoms with van der Waals surface area (Å²) in [6, 6.07) is 0. The first-order valence-electron chi connectivity index (χ1n) is 10.3. The molecule has 5 heteroatoms. The molecule has 0 saturated carbocycles. The number of carbonyl (C=O) groups is 2. The number of nitrogens with one attached hydrogen (secondary N) is 1. The van der Waals surface area contributed by atoms with E-state index in [1.807, 2.05) is 6.92 Å². The van der Waals surface area contributed by atoms with E-state index in [0.29, 0.717) is 19.5 Å². The molecule has 0 atom stereocenters. The van der Waals surface area contributed by atoms with E-state index in [1.54, 1.807) is 0 Å². The normalized spacial score (nSPS) is 10.7. The molecule has 0 aromatic carbocycles. The highest BCUT2D eigenvalue weighted by molar-refractivity contribution is 5.77. The van der Waals surface area contributed by atoms with Gasteiger partial charge in [0.25, 0.3) is 5.91 Å². The Morgan fingerprint density at radius 3 is 1.84 bits per heavy atom. The largest absolute Gasteiger partial charge is 0.338 e. The van der Waals surface area contributed by atoms with Crippen molar-refractivity contribution in [1.29, 1.82) is 0 Å². The number of hydrogen-bond acceptors (Lipinski definition) is 4. The molecule has 0 aliphatic carbocycles. The van der Waals surface area contributed by atoms with Crippen LogP contribution in [0.5, 0.6) is 0 Å². The molecule has 0 bridgehead atoms. The van der Waals surface area contributed by atoms with Crippen LogP contribution in [0.2, 0.25) is 0 Å². The number of rotatable bonds is 16. The number of likely N-dealkylation sites (N-methyl/N-ethyl adjacent to an activating group) is 1. The van der Waals surface area contributed by atoms with Gasteiger partial charge in [-0.3, -0.25) is 9.59 Å². The summed E-state index contributed by atoms with van der Waals surface area (Å²) in [4.78, 5) is 28.3. The maximum Gasteiger partial charge on any atom is 0.329 e. The maximum atomic E-state index is 12.2. The topological polar surface area (TPSA) is 58.6 Å². The van der Waals surface area contributed by atoms with Gasteiger partial charge in [0.05, 0.1) is 6.54 Å². The van der Waals surface area contributed by atoms with E-state index >= 15 is 0 Å². The number of hydrogen-bond donors (Lipinski definition) is 1. The Morgan fingerprint density at radius 1 is 0.840 bits per heavy atom. The van der Waals surface area contributed by atoms with Gasteiger partial charge in [0.15, 0.2) is 0 Å². The second-order valence-corrected chi connectivity index (χ2v) is 6.72. The molecule has 0 saturated heterocycles. The van der Waals surface area contributed by atoms with Crippen LogP contribution in [-0.2, 0) is 14.4 Å². The Hall–Kier alpha value is -1.10. The smallest absolute Gasteiger partial charge is 0.329 e. The third-order valence-corrected chi connectivity index (χ3v) is 4.25. The SMILES string of the molecule is CCCCCCCCCCCCCC(=O)N(CCNCC)OC(C)=O. The van der Waals surface area contributed by atoms with Gasteiger partial charge in [-0.1, -0.05) is 78.1 Å². The molecule has 148 valence electrons. The van der Waals surface area contributed by atoms with Crippen LogP contribution >= 0.6 is 0 Å². The fraction of sp³-hybridized carbons (Fsp3) is 0.900. The minimum atomic E-state index is -0.441. The Bertz CT molecular complexity index is 335. The summed E-state index contributed by atoms with van der Waals surface area (Å²) in [6.07, 6.45) is 14.3. The Morgan fingerprint density at radius 2 is 1.36 bits per heavy atom. The Labute approximate surface area is 154 Å². The lowest BCUT2D eigenvalue weighted by molar-refractivity contribution is -0.196. The average Bonchev–Trinajstić information content (AvgIpc) is 2.58. The molecule has 0 aromatic heterocycles. The van der Waals surface area contributed by atoms with Crippen LogP contribution in [0.3, 0.4) is 0 Å². The number of hydroxylamine groups is 2. The first kappa shape index (κ1) is 23.9. The monoisotopic (exact) mass is 356 g/mol. The van der Waals surface area contributed by atoms with Crippen molar-refractivity contribution in [3.05, 3.63) is 0 Å². The summed E-state index contributed by atoms with van der Waals surface area (Å²) in [5.41, 5.74) is 0. The summed E-state index contributed by atoms with van der Waals surface area (Å²) in [6.45, 7) is 7.45. The third-order valence-electron chi connectivity index (χ3n) is 4.25. The van der Waals surface area contributed by atoms with Gasteiger partial charge in [0, 0.05) is 19.9 Å². The van der Waals surface area contributed by atoms with Crippen molar-refractivity contribution in [2.45, 2.75) is 97.8 Å². The maximum absolute atomic E-state index is 12.2. The number of nitrogens with zero attached hydrogens (tertiary/aromatic N) is 1. The molecule has 0 fully saturated rings. The number of carbonyl (C=O) groups excluding carboxylic acids is 2. The van der Waals surface area contributed by atoms with Crippen molar-refractivity contribution in [2.75, 3.05) is 19.6 Å². The fourth-order valence-corrected chi connectivity index (χ4v) is 2.80. The molecule has 0 heterocycles. The zero-order valence-corrected chi connectivity index (χ0v) is 16.8. The van der Waals surface area contributed by atoms with E-state index < -0.39 is 5.97 Å². The van der Waals surface area contributed by atoms with Crippen LogP contribution in [0.1, 0.15) is 97.8 Å². The highest BCUT2D eigenvalue weighted by Gasteiger charge is 2.15. The predicted molar refractivity (Wildman–Crippen MR) is 103 cm³/mol. The second-order valence-electron chi connectivity index (χ2n) is 6.72. The van der Waals surface area contributed by atoms with Crippen LogP contribution < -0.4 is 5.32 Å². The van der Waals surface area contributed by atoms with E-state index in [0.717, 1.165) is 19.4 Å². The van der Waals surface area contributed by atoms with Gasteiger partial charge < -0.3 is 10.2 Å². The zero-order valence-electron chi connectivity index (χ0n) is 16.8. The summed E-state index contributed by atoms with van der Waals surface area (Å²) in [5, 5.41) is 4.34. The van der Waals surface area contributed by atoms with Crippen molar-refractivity contribution >= 4 is 11.9 Å². The first-order chi connectivity index (χ1) is 12.1. The van der Waals surface area contributed by atoms with Gasteiger partial charge in [-0.05, 0) is 13.0 Å². The third kappa shape index (κ3) is 16.1. The number of unbranched alkanes of at least 4 members (excludes halogenated alkanes) is 10. The van der Waals surface area contributed by atoms with Crippen molar-refractivity contribution in [2.24, 2.45) is 0 Å². The van der Waals surface area contributed by atoms with Crippen LogP contribution in [-0.4, -0.2) is 36.6 Å². The predicted octanol–water partition coefficient (Wildman–Crippen LogP) is 4.60. The fourth-order valence-electron chi connectivity index (χ4n) is 2.80. The van der Waals surface area contributed by atoms with Gasteiger partial charge >= 0.3 is 5.97 Å².